The van der Waals surface area contributed by atoms with Crippen molar-refractivity contribution >= 4 is 52.7 Å². The van der Waals surface area contributed by atoms with Gasteiger partial charge in [0, 0.05) is 10.3 Å². The van der Waals surface area contributed by atoms with Gasteiger partial charge in [0.1, 0.15) is 34.5 Å². The van der Waals surface area contributed by atoms with Crippen molar-refractivity contribution in [2.24, 2.45) is 0 Å². The number of amides is 2. The molecule has 2 N–H and O–H groups in total. The number of nitrogens with zero attached hydrogens (tertiary/aromatic N) is 2. The van der Waals surface area contributed by atoms with Gasteiger partial charge in [-0.15, -0.1) is 11.8 Å². The van der Waals surface area contributed by atoms with Crippen LogP contribution in [-0.4, -0.2) is 55.2 Å². The molecule has 0 bridgehead atoms. The van der Waals surface area contributed by atoms with E-state index < -0.39 is 40.0 Å². The van der Waals surface area contributed by atoms with Gasteiger partial charge in [0.25, 0.3) is 5.91 Å². The molecule has 1 unspecified atom stereocenters. The minimum Gasteiger partial charge on any atom is -0.480 e. The zero-order valence-corrected chi connectivity index (χ0v) is 18.4. The van der Waals surface area contributed by atoms with Crippen LogP contribution in [0.3, 0.4) is 0 Å². The third-order valence-corrected chi connectivity index (χ3v) is 7.45. The summed E-state index contributed by atoms with van der Waals surface area (Å²) in [6.45, 7) is 5.10. The molecular weight excluding hydrogens is 453 g/mol. The van der Waals surface area contributed by atoms with E-state index in [9.17, 15) is 19.5 Å². The Kier molecular flexibility index (Phi) is 5.03. The highest BCUT2D eigenvalue weighted by molar-refractivity contribution is 8.01. The maximum absolute atomic E-state index is 13.1. The van der Waals surface area contributed by atoms with E-state index in [1.54, 1.807) is 39.0 Å². The van der Waals surface area contributed by atoms with E-state index in [0.717, 1.165) is 0 Å². The molecule has 8 nitrogen and oxygen atoms in total. The molecule has 0 spiro atoms. The molecule has 158 valence electrons. The van der Waals surface area contributed by atoms with Gasteiger partial charge < -0.3 is 19.8 Å². The minimum absolute atomic E-state index is 0.119. The van der Waals surface area contributed by atoms with Gasteiger partial charge in [-0.05, 0) is 32.9 Å². The van der Waals surface area contributed by atoms with Crippen molar-refractivity contribution in [3.05, 3.63) is 39.6 Å². The number of hydrogen-bond acceptors (Lipinski definition) is 6. The summed E-state index contributed by atoms with van der Waals surface area (Å²) in [4.78, 5) is 38.7. The Morgan fingerprint density at radius 2 is 1.93 bits per heavy atom. The van der Waals surface area contributed by atoms with Gasteiger partial charge in [-0.3, -0.25) is 9.59 Å². The number of benzene rings is 1. The summed E-state index contributed by atoms with van der Waals surface area (Å²) in [6, 6.07) is 3.09. The lowest BCUT2D eigenvalue weighted by atomic mass is 9.95. The molecule has 0 saturated carbocycles. The Hall–Kier alpha value is -2.23. The summed E-state index contributed by atoms with van der Waals surface area (Å²) in [6.07, 6.45) is 0. The number of carbonyl (C=O) groups excluding carboxylic acids is 2. The van der Waals surface area contributed by atoms with Gasteiger partial charge in [0.2, 0.25) is 5.91 Å². The molecule has 1 aromatic heterocycles. The Labute approximate surface area is 185 Å². The largest absolute Gasteiger partial charge is 0.480 e. The highest BCUT2D eigenvalue weighted by Crippen LogP contribution is 2.51. The topological polar surface area (TPSA) is 113 Å². The molecule has 2 fully saturated rings. The molecule has 1 aromatic carbocycles. The second kappa shape index (κ2) is 7.18. The molecule has 2 aromatic rings. The van der Waals surface area contributed by atoms with Crippen LogP contribution in [0.25, 0.3) is 11.3 Å². The molecular formula is C19H17Cl2N3O5S. The highest BCUT2D eigenvalue weighted by atomic mass is 35.5. The number of nitrogens with one attached hydrogen (secondary N) is 1. The fraction of sp³-hybridized carbons (Fsp3) is 0.368. The number of aromatic nitrogens is 1. The Bertz CT molecular complexity index is 1070. The van der Waals surface area contributed by atoms with E-state index in [2.05, 4.69) is 10.5 Å². The molecule has 3 atom stereocenters. The number of carbonyl (C=O) groups is 3. The van der Waals surface area contributed by atoms with Gasteiger partial charge in [-0.2, -0.15) is 0 Å². The van der Waals surface area contributed by atoms with Crippen LogP contribution in [0.1, 0.15) is 30.0 Å². The number of thioether (sulfide) groups is 1. The SMILES string of the molecule is Cc1onc(-c2c(Cl)cccc2Cl)c1C(=O)N[C@H]1C(=O)N2C1SC(C)(C)[C@H]2C(=O)O. The summed E-state index contributed by atoms with van der Waals surface area (Å²) in [7, 11) is 0. The number of β-lactam (4-membered cyclic amide) rings is 1. The molecule has 2 saturated heterocycles. The third-order valence-electron chi connectivity index (χ3n) is 5.25. The second-order valence-corrected chi connectivity index (χ2v) is 10.2. The molecule has 2 amide bonds. The van der Waals surface area contributed by atoms with Crippen LogP contribution < -0.4 is 5.32 Å². The van der Waals surface area contributed by atoms with E-state index in [4.69, 9.17) is 27.7 Å². The van der Waals surface area contributed by atoms with Crippen LogP contribution in [0.15, 0.2) is 22.7 Å². The van der Waals surface area contributed by atoms with Crippen molar-refractivity contribution in [3.63, 3.8) is 0 Å². The first kappa shape index (κ1) is 21.0. The zero-order chi connectivity index (χ0) is 22.0. The summed E-state index contributed by atoms with van der Waals surface area (Å²) in [5.41, 5.74) is 0.645. The van der Waals surface area contributed by atoms with Crippen molar-refractivity contribution in [1.82, 2.24) is 15.4 Å². The van der Waals surface area contributed by atoms with E-state index in [1.165, 1.54) is 16.7 Å². The average Bonchev–Trinajstić information content (AvgIpc) is 3.14. The summed E-state index contributed by atoms with van der Waals surface area (Å²) in [5, 5.41) is 16.3. The summed E-state index contributed by atoms with van der Waals surface area (Å²) >= 11 is 13.8. The predicted molar refractivity (Wildman–Crippen MR) is 112 cm³/mol. The van der Waals surface area contributed by atoms with Gasteiger partial charge in [0.05, 0.1) is 10.0 Å². The minimum atomic E-state index is -1.07. The lowest BCUT2D eigenvalue weighted by Gasteiger charge is -2.43. The normalized spacial score (nSPS) is 24.4. The fourth-order valence-electron chi connectivity index (χ4n) is 3.89. The summed E-state index contributed by atoms with van der Waals surface area (Å²) < 4.78 is 4.52. The number of rotatable bonds is 4. The fourth-order valence-corrected chi connectivity index (χ4v) is 6.09. The lowest BCUT2D eigenvalue weighted by molar-refractivity contribution is -0.159. The van der Waals surface area contributed by atoms with Crippen molar-refractivity contribution in [2.45, 2.75) is 43.0 Å². The maximum Gasteiger partial charge on any atom is 0.327 e. The number of carboxylic acid groups (broad SMARTS) is 1. The zero-order valence-electron chi connectivity index (χ0n) is 16.1. The number of aryl methyl sites for hydroxylation is 1. The third kappa shape index (κ3) is 3.07. The van der Waals surface area contributed by atoms with Crippen LogP contribution in [0, 0.1) is 6.92 Å². The molecule has 3 heterocycles. The average molecular weight is 470 g/mol. The second-order valence-electron chi connectivity index (χ2n) is 7.61. The summed E-state index contributed by atoms with van der Waals surface area (Å²) in [5.74, 6) is -1.84. The van der Waals surface area contributed by atoms with E-state index in [0.29, 0.717) is 15.6 Å². The van der Waals surface area contributed by atoms with Gasteiger partial charge in [-0.25, -0.2) is 4.79 Å². The Morgan fingerprint density at radius 3 is 2.53 bits per heavy atom. The number of aliphatic carboxylic acids is 1. The highest BCUT2D eigenvalue weighted by Gasteiger charge is 2.64. The van der Waals surface area contributed by atoms with Crippen molar-refractivity contribution in [3.8, 4) is 11.3 Å². The van der Waals surface area contributed by atoms with Crippen LogP contribution in [0.2, 0.25) is 10.0 Å². The van der Waals surface area contributed by atoms with Gasteiger partial charge in [-0.1, -0.05) is 34.4 Å². The first-order valence-corrected chi connectivity index (χ1v) is 10.6. The van der Waals surface area contributed by atoms with Gasteiger partial charge in [0.15, 0.2) is 0 Å². The van der Waals surface area contributed by atoms with Gasteiger partial charge >= 0.3 is 5.97 Å². The molecule has 2 aliphatic rings. The van der Waals surface area contributed by atoms with Crippen molar-refractivity contribution < 1.29 is 24.0 Å². The number of halogens is 2. The Morgan fingerprint density at radius 1 is 1.30 bits per heavy atom. The smallest absolute Gasteiger partial charge is 0.327 e. The predicted octanol–water partition coefficient (Wildman–Crippen LogP) is 3.20. The monoisotopic (exact) mass is 469 g/mol. The van der Waals surface area contributed by atoms with Crippen molar-refractivity contribution in [2.75, 3.05) is 0 Å². The first-order chi connectivity index (χ1) is 14.0. The number of hydrogen-bond donors (Lipinski definition) is 2. The van der Waals surface area contributed by atoms with Crippen LogP contribution in [0.5, 0.6) is 0 Å². The molecule has 11 heteroatoms. The first-order valence-electron chi connectivity index (χ1n) is 8.99. The standard InChI is InChI=1S/C19H17Cl2N3O5S/c1-7-10(12(23-29-7)11-8(20)5-4-6-9(11)21)15(25)22-13-16(26)24-14(18(27)28)19(2,3)30-17(13)24/h4-6,13-14,17H,1-3H3,(H,22,25)(H,27,28)/t13-,14+,17?/m0/s1. The quantitative estimate of drug-likeness (QED) is 0.660. The molecule has 0 aliphatic carbocycles. The molecule has 2 aliphatic heterocycles. The van der Waals surface area contributed by atoms with Crippen LogP contribution in [-0.2, 0) is 9.59 Å². The number of carboxylic acids is 1. The van der Waals surface area contributed by atoms with E-state index >= 15 is 0 Å². The molecule has 30 heavy (non-hydrogen) atoms. The van der Waals surface area contributed by atoms with Crippen molar-refractivity contribution in [1.29, 1.82) is 0 Å². The van der Waals surface area contributed by atoms with E-state index in [1.807, 2.05) is 0 Å². The van der Waals surface area contributed by atoms with E-state index in [-0.39, 0.29) is 17.0 Å². The molecule has 0 radical (unpaired) electrons. The Balaban J connectivity index is 1.62. The van der Waals surface area contributed by atoms with Crippen LogP contribution >= 0.6 is 35.0 Å². The number of fused-ring (bicyclic) bond motifs is 1. The van der Waals surface area contributed by atoms with Crippen LogP contribution in [0.4, 0.5) is 0 Å². The molecule has 4 rings (SSSR count). The lowest BCUT2D eigenvalue weighted by Crippen LogP contribution is -2.70. The maximum atomic E-state index is 13.1.